The van der Waals surface area contributed by atoms with Crippen molar-refractivity contribution in [3.63, 3.8) is 0 Å². The fourth-order valence-corrected chi connectivity index (χ4v) is 3.45. The molecule has 0 N–H and O–H groups in total. The molecule has 1 aliphatic heterocycles. The molecule has 0 bridgehead atoms. The molecule has 3 aromatic heterocycles. The van der Waals surface area contributed by atoms with Gasteiger partial charge >= 0.3 is 0 Å². The number of nitrogens with zero attached hydrogens (tertiary/aromatic N) is 6. The molecule has 0 unspecified atom stereocenters. The van der Waals surface area contributed by atoms with E-state index < -0.39 is 0 Å². The van der Waals surface area contributed by atoms with Crippen molar-refractivity contribution in [1.82, 2.24) is 24.9 Å². The second-order valence-electron chi connectivity index (χ2n) is 6.93. The highest BCUT2D eigenvalue weighted by atomic mass is 16.5. The summed E-state index contributed by atoms with van der Waals surface area (Å²) in [5, 5.41) is 0. The first kappa shape index (κ1) is 17.6. The van der Waals surface area contributed by atoms with Crippen LogP contribution in [-0.2, 0) is 4.74 Å². The van der Waals surface area contributed by atoms with Gasteiger partial charge in [0.05, 0.1) is 18.7 Å². The van der Waals surface area contributed by atoms with E-state index in [4.69, 9.17) is 19.7 Å². The molecular weight excluding hydrogens is 364 g/mol. The van der Waals surface area contributed by atoms with E-state index in [1.807, 2.05) is 55.6 Å². The first-order valence-corrected chi connectivity index (χ1v) is 9.64. The maximum Gasteiger partial charge on any atom is 0.181 e. The molecule has 7 nitrogen and oxygen atoms in total. The van der Waals surface area contributed by atoms with E-state index >= 15 is 0 Å². The maximum absolute atomic E-state index is 5.51. The van der Waals surface area contributed by atoms with E-state index in [9.17, 15) is 0 Å². The second kappa shape index (κ2) is 7.52. The Bertz CT molecular complexity index is 1160. The molecule has 144 valence electrons. The van der Waals surface area contributed by atoms with Crippen molar-refractivity contribution in [2.45, 2.75) is 6.92 Å². The summed E-state index contributed by atoms with van der Waals surface area (Å²) in [4.78, 5) is 25.7. The van der Waals surface area contributed by atoms with Gasteiger partial charge in [-0.25, -0.2) is 19.9 Å². The molecule has 5 rings (SSSR count). The Labute approximate surface area is 168 Å². The number of rotatable bonds is 3. The molecular formula is C22H20N6O. The first-order valence-electron chi connectivity index (χ1n) is 9.64. The Hall–Kier alpha value is -3.45. The standard InChI is InChI=1S/C22H20N6O/c1-15-14-24-20(16-6-3-2-4-7-16)26-18(15)21-25-17-8-5-9-23-19(17)22(27-21)28-10-12-29-13-11-28/h2-9,14H,10-13H2,1H3. The van der Waals surface area contributed by atoms with Gasteiger partial charge < -0.3 is 9.64 Å². The predicted molar refractivity (Wildman–Crippen MR) is 112 cm³/mol. The highest BCUT2D eigenvalue weighted by Crippen LogP contribution is 2.28. The van der Waals surface area contributed by atoms with E-state index in [0.717, 1.165) is 46.8 Å². The van der Waals surface area contributed by atoms with Crippen LogP contribution in [-0.4, -0.2) is 51.2 Å². The zero-order chi connectivity index (χ0) is 19.6. The summed E-state index contributed by atoms with van der Waals surface area (Å²) < 4.78 is 5.51. The van der Waals surface area contributed by atoms with Gasteiger partial charge in [0.2, 0.25) is 0 Å². The van der Waals surface area contributed by atoms with Crippen LogP contribution in [0.3, 0.4) is 0 Å². The Kier molecular flexibility index (Phi) is 4.57. The molecule has 1 fully saturated rings. The smallest absolute Gasteiger partial charge is 0.181 e. The van der Waals surface area contributed by atoms with Crippen LogP contribution in [0, 0.1) is 6.92 Å². The summed E-state index contributed by atoms with van der Waals surface area (Å²) in [5.74, 6) is 2.08. The van der Waals surface area contributed by atoms with Crippen LogP contribution >= 0.6 is 0 Å². The Morgan fingerprint density at radius 2 is 1.69 bits per heavy atom. The third-order valence-electron chi connectivity index (χ3n) is 4.96. The summed E-state index contributed by atoms with van der Waals surface area (Å²) in [7, 11) is 0. The van der Waals surface area contributed by atoms with Crippen molar-refractivity contribution >= 4 is 16.9 Å². The number of anilines is 1. The lowest BCUT2D eigenvalue weighted by Gasteiger charge is -2.28. The van der Waals surface area contributed by atoms with E-state index in [2.05, 4.69) is 14.9 Å². The second-order valence-corrected chi connectivity index (χ2v) is 6.93. The van der Waals surface area contributed by atoms with Crippen LogP contribution < -0.4 is 4.90 Å². The van der Waals surface area contributed by atoms with Crippen molar-refractivity contribution in [3.8, 4) is 22.9 Å². The number of fused-ring (bicyclic) bond motifs is 1. The lowest BCUT2D eigenvalue weighted by Crippen LogP contribution is -2.37. The van der Waals surface area contributed by atoms with Crippen molar-refractivity contribution in [2.24, 2.45) is 0 Å². The summed E-state index contributed by atoms with van der Waals surface area (Å²) in [6, 6.07) is 13.8. The number of aryl methyl sites for hydroxylation is 1. The lowest BCUT2D eigenvalue weighted by atomic mass is 10.2. The predicted octanol–water partition coefficient (Wildman–Crippen LogP) is 3.29. The molecule has 4 aromatic rings. The highest BCUT2D eigenvalue weighted by Gasteiger charge is 2.20. The number of hydrogen-bond acceptors (Lipinski definition) is 7. The van der Waals surface area contributed by atoms with Gasteiger partial charge in [0, 0.05) is 31.0 Å². The molecule has 0 radical (unpaired) electrons. The summed E-state index contributed by atoms with van der Waals surface area (Å²) in [5.41, 5.74) is 4.23. The van der Waals surface area contributed by atoms with Gasteiger partial charge in [-0.1, -0.05) is 30.3 Å². The minimum absolute atomic E-state index is 0.587. The van der Waals surface area contributed by atoms with E-state index in [1.165, 1.54) is 0 Å². The number of morpholine rings is 1. The molecule has 0 spiro atoms. The molecule has 29 heavy (non-hydrogen) atoms. The minimum Gasteiger partial charge on any atom is -0.378 e. The summed E-state index contributed by atoms with van der Waals surface area (Å²) >= 11 is 0. The fraction of sp³-hybridized carbons (Fsp3) is 0.227. The van der Waals surface area contributed by atoms with Crippen molar-refractivity contribution in [3.05, 3.63) is 60.4 Å². The van der Waals surface area contributed by atoms with Crippen LogP contribution in [0.25, 0.3) is 33.9 Å². The monoisotopic (exact) mass is 384 g/mol. The molecule has 7 heteroatoms. The van der Waals surface area contributed by atoms with Gasteiger partial charge in [-0.3, -0.25) is 4.98 Å². The average Bonchev–Trinajstić information content (AvgIpc) is 2.80. The minimum atomic E-state index is 0.587. The average molecular weight is 384 g/mol. The van der Waals surface area contributed by atoms with E-state index in [1.54, 1.807) is 6.20 Å². The third kappa shape index (κ3) is 3.40. The van der Waals surface area contributed by atoms with Gasteiger partial charge in [-0.2, -0.15) is 0 Å². The van der Waals surface area contributed by atoms with Crippen LogP contribution in [0.1, 0.15) is 5.56 Å². The maximum atomic E-state index is 5.51. The molecule has 0 saturated carbocycles. The molecule has 0 aliphatic carbocycles. The quantitative estimate of drug-likeness (QED) is 0.536. The number of hydrogen-bond donors (Lipinski definition) is 0. The number of aromatic nitrogens is 5. The molecule has 1 saturated heterocycles. The molecule has 1 aliphatic rings. The van der Waals surface area contributed by atoms with Crippen molar-refractivity contribution in [2.75, 3.05) is 31.2 Å². The zero-order valence-electron chi connectivity index (χ0n) is 16.1. The Morgan fingerprint density at radius 1 is 0.862 bits per heavy atom. The topological polar surface area (TPSA) is 76.9 Å². The molecule has 1 aromatic carbocycles. The van der Waals surface area contributed by atoms with Crippen LogP contribution in [0.15, 0.2) is 54.9 Å². The van der Waals surface area contributed by atoms with Gasteiger partial charge in [-0.15, -0.1) is 0 Å². The Morgan fingerprint density at radius 3 is 2.52 bits per heavy atom. The molecule has 0 atom stereocenters. The largest absolute Gasteiger partial charge is 0.378 e. The lowest BCUT2D eigenvalue weighted by molar-refractivity contribution is 0.122. The molecule has 0 amide bonds. The summed E-state index contributed by atoms with van der Waals surface area (Å²) in [6.07, 6.45) is 3.61. The van der Waals surface area contributed by atoms with E-state index in [0.29, 0.717) is 24.9 Å². The highest BCUT2D eigenvalue weighted by molar-refractivity contribution is 5.87. The first-order chi connectivity index (χ1) is 14.3. The summed E-state index contributed by atoms with van der Waals surface area (Å²) in [6.45, 7) is 4.90. The van der Waals surface area contributed by atoms with Crippen LogP contribution in [0.2, 0.25) is 0 Å². The number of pyridine rings is 1. The van der Waals surface area contributed by atoms with Gasteiger partial charge in [-0.05, 0) is 24.6 Å². The normalized spacial score (nSPS) is 14.3. The fourth-order valence-electron chi connectivity index (χ4n) is 3.45. The van der Waals surface area contributed by atoms with Gasteiger partial charge in [0.1, 0.15) is 11.2 Å². The van der Waals surface area contributed by atoms with Gasteiger partial charge in [0.15, 0.2) is 17.5 Å². The van der Waals surface area contributed by atoms with Crippen molar-refractivity contribution in [1.29, 1.82) is 0 Å². The third-order valence-corrected chi connectivity index (χ3v) is 4.96. The number of ether oxygens (including phenoxy) is 1. The van der Waals surface area contributed by atoms with Crippen LogP contribution in [0.5, 0.6) is 0 Å². The Balaban J connectivity index is 1.67. The van der Waals surface area contributed by atoms with Crippen molar-refractivity contribution < 1.29 is 4.74 Å². The number of benzene rings is 1. The molecule has 4 heterocycles. The van der Waals surface area contributed by atoms with E-state index in [-0.39, 0.29) is 0 Å². The van der Waals surface area contributed by atoms with Gasteiger partial charge in [0.25, 0.3) is 0 Å². The zero-order valence-corrected chi connectivity index (χ0v) is 16.1. The van der Waals surface area contributed by atoms with Crippen LogP contribution in [0.4, 0.5) is 5.82 Å². The SMILES string of the molecule is Cc1cnc(-c2ccccc2)nc1-c1nc(N2CCOCC2)c2ncccc2n1.